The van der Waals surface area contributed by atoms with Gasteiger partial charge in [0.05, 0.1) is 11.8 Å². The van der Waals surface area contributed by atoms with Crippen LogP contribution >= 0.6 is 0 Å². The molecule has 2 unspecified atom stereocenters. The number of fused-ring (bicyclic) bond motifs is 1. The summed E-state index contributed by atoms with van der Waals surface area (Å²) >= 11 is 0. The minimum atomic E-state index is -0.533. The molecule has 25 heavy (non-hydrogen) atoms. The standard InChI is InChI=1S/C20H17F2N3/c1-13-4-2-7-18-19(13)24-20(14-8-10-23-11-9-14)25(18)12-15-16(21)5-3-6-17(15)22/h2-11,18,20H,12H2,1H3. The fraction of sp³-hybridized carbons (Fsp3) is 0.200. The highest BCUT2D eigenvalue weighted by atomic mass is 19.1. The smallest absolute Gasteiger partial charge is 0.130 e. The van der Waals surface area contributed by atoms with Crippen molar-refractivity contribution in [1.82, 2.24) is 9.88 Å². The molecule has 4 rings (SSSR count). The largest absolute Gasteiger partial charge is 0.265 e. The van der Waals surface area contributed by atoms with Crippen LogP contribution in [-0.4, -0.2) is 21.6 Å². The van der Waals surface area contributed by atoms with Crippen LogP contribution in [0.4, 0.5) is 8.78 Å². The summed E-state index contributed by atoms with van der Waals surface area (Å²) in [7, 11) is 0. The number of rotatable bonds is 3. The van der Waals surface area contributed by atoms with Gasteiger partial charge in [0.2, 0.25) is 0 Å². The molecule has 0 N–H and O–H groups in total. The van der Waals surface area contributed by atoms with E-state index in [1.165, 1.54) is 18.2 Å². The van der Waals surface area contributed by atoms with Crippen LogP contribution in [0.5, 0.6) is 0 Å². The minimum Gasteiger partial charge on any atom is -0.265 e. The van der Waals surface area contributed by atoms with Crippen LogP contribution < -0.4 is 0 Å². The fourth-order valence-corrected chi connectivity index (χ4v) is 3.37. The van der Waals surface area contributed by atoms with Gasteiger partial charge in [-0.25, -0.2) is 8.78 Å². The quantitative estimate of drug-likeness (QED) is 0.840. The van der Waals surface area contributed by atoms with Crippen molar-refractivity contribution >= 4 is 5.71 Å². The zero-order valence-electron chi connectivity index (χ0n) is 13.7. The molecule has 2 atom stereocenters. The molecule has 0 saturated heterocycles. The van der Waals surface area contributed by atoms with E-state index >= 15 is 0 Å². The van der Waals surface area contributed by atoms with E-state index in [0.717, 1.165) is 16.8 Å². The Morgan fingerprint density at radius 2 is 1.80 bits per heavy atom. The lowest BCUT2D eigenvalue weighted by Gasteiger charge is -2.29. The van der Waals surface area contributed by atoms with Crippen LogP contribution in [0.15, 0.2) is 71.5 Å². The number of aliphatic imine (C=N–C) groups is 1. The molecule has 0 fully saturated rings. The van der Waals surface area contributed by atoms with Crippen LogP contribution in [0.25, 0.3) is 0 Å². The summed E-state index contributed by atoms with van der Waals surface area (Å²) in [6.45, 7) is 2.15. The third-order valence-electron chi connectivity index (χ3n) is 4.66. The molecule has 0 amide bonds. The van der Waals surface area contributed by atoms with Gasteiger partial charge >= 0.3 is 0 Å². The Bertz CT molecular complexity index is 867. The lowest BCUT2D eigenvalue weighted by Crippen LogP contribution is -2.36. The van der Waals surface area contributed by atoms with Crippen LogP contribution in [0.2, 0.25) is 0 Å². The molecule has 1 aromatic heterocycles. The molecule has 2 aromatic rings. The topological polar surface area (TPSA) is 28.5 Å². The van der Waals surface area contributed by atoms with Gasteiger partial charge in [-0.2, -0.15) is 0 Å². The van der Waals surface area contributed by atoms with Crippen molar-refractivity contribution in [3.8, 4) is 0 Å². The lowest BCUT2D eigenvalue weighted by molar-refractivity contribution is 0.205. The van der Waals surface area contributed by atoms with E-state index in [4.69, 9.17) is 4.99 Å². The SMILES string of the molecule is CC1=CC=CC2C1=NC(c1ccncc1)N2Cc1c(F)cccc1F. The van der Waals surface area contributed by atoms with Crippen molar-refractivity contribution < 1.29 is 8.78 Å². The molecule has 0 bridgehead atoms. The predicted molar refractivity (Wildman–Crippen MR) is 93.0 cm³/mol. The van der Waals surface area contributed by atoms with Crippen LogP contribution in [0.1, 0.15) is 24.2 Å². The van der Waals surface area contributed by atoms with Crippen LogP contribution in [-0.2, 0) is 6.54 Å². The third-order valence-corrected chi connectivity index (χ3v) is 4.66. The average Bonchev–Trinajstić information content (AvgIpc) is 2.99. The average molecular weight is 337 g/mol. The first-order chi connectivity index (χ1) is 12.1. The normalized spacial score (nSPS) is 22.5. The van der Waals surface area contributed by atoms with Gasteiger partial charge < -0.3 is 0 Å². The zero-order chi connectivity index (χ0) is 17.4. The Labute approximate surface area is 145 Å². The van der Waals surface area contributed by atoms with E-state index in [9.17, 15) is 8.78 Å². The monoisotopic (exact) mass is 337 g/mol. The highest BCUT2D eigenvalue weighted by Gasteiger charge is 2.37. The second-order valence-electron chi connectivity index (χ2n) is 6.22. The highest BCUT2D eigenvalue weighted by molar-refractivity contribution is 6.07. The van der Waals surface area contributed by atoms with Gasteiger partial charge in [-0.3, -0.25) is 14.9 Å². The molecule has 2 aliphatic rings. The fourth-order valence-electron chi connectivity index (χ4n) is 3.37. The Balaban J connectivity index is 1.76. The van der Waals surface area contributed by atoms with Gasteiger partial charge in [0, 0.05) is 24.5 Å². The molecule has 0 spiro atoms. The van der Waals surface area contributed by atoms with Gasteiger partial charge in [-0.15, -0.1) is 0 Å². The number of nitrogens with zero attached hydrogens (tertiary/aromatic N) is 3. The van der Waals surface area contributed by atoms with E-state index in [-0.39, 0.29) is 24.3 Å². The summed E-state index contributed by atoms with van der Waals surface area (Å²) < 4.78 is 28.4. The number of hydrogen-bond acceptors (Lipinski definition) is 3. The minimum absolute atomic E-state index is 0.0682. The van der Waals surface area contributed by atoms with E-state index in [0.29, 0.717) is 0 Å². The second kappa shape index (κ2) is 6.33. The van der Waals surface area contributed by atoms with Crippen molar-refractivity contribution in [2.24, 2.45) is 4.99 Å². The molecule has 2 heterocycles. The molecule has 1 aliphatic carbocycles. The number of hydrogen-bond donors (Lipinski definition) is 0. The van der Waals surface area contributed by atoms with Gasteiger partial charge in [0.1, 0.15) is 17.8 Å². The summed E-state index contributed by atoms with van der Waals surface area (Å²) in [6.07, 6.45) is 9.11. The first-order valence-corrected chi connectivity index (χ1v) is 8.17. The number of benzene rings is 1. The Kier molecular flexibility index (Phi) is 4.01. The number of aromatic nitrogens is 1. The Morgan fingerprint density at radius 1 is 1.08 bits per heavy atom. The summed E-state index contributed by atoms with van der Waals surface area (Å²) in [6, 6.07) is 7.65. The van der Waals surface area contributed by atoms with Crippen LogP contribution in [0.3, 0.4) is 0 Å². The molecular formula is C20H17F2N3. The van der Waals surface area contributed by atoms with E-state index < -0.39 is 11.6 Å². The van der Waals surface area contributed by atoms with Gasteiger partial charge in [0.25, 0.3) is 0 Å². The molecule has 0 saturated carbocycles. The first kappa shape index (κ1) is 15.8. The van der Waals surface area contributed by atoms with E-state index in [1.807, 2.05) is 42.2 Å². The third kappa shape index (κ3) is 2.81. The number of pyridine rings is 1. The summed E-state index contributed by atoms with van der Waals surface area (Å²) in [5, 5.41) is 0. The Morgan fingerprint density at radius 3 is 2.52 bits per heavy atom. The zero-order valence-corrected chi connectivity index (χ0v) is 13.7. The summed E-state index contributed by atoms with van der Waals surface area (Å²) in [5.41, 5.74) is 3.04. The highest BCUT2D eigenvalue weighted by Crippen LogP contribution is 2.36. The maximum atomic E-state index is 14.2. The van der Waals surface area contributed by atoms with Gasteiger partial charge in [-0.1, -0.05) is 24.3 Å². The molecule has 0 radical (unpaired) electrons. The molecule has 3 nitrogen and oxygen atoms in total. The molecular weight excluding hydrogens is 320 g/mol. The van der Waals surface area contributed by atoms with Crippen molar-refractivity contribution in [3.63, 3.8) is 0 Å². The van der Waals surface area contributed by atoms with Gasteiger partial charge in [-0.05, 0) is 42.3 Å². The van der Waals surface area contributed by atoms with E-state index in [2.05, 4.69) is 4.98 Å². The van der Waals surface area contributed by atoms with Crippen LogP contribution in [0, 0.1) is 11.6 Å². The molecule has 1 aromatic carbocycles. The lowest BCUT2D eigenvalue weighted by atomic mass is 9.98. The summed E-state index contributed by atoms with van der Waals surface area (Å²) in [5.74, 6) is -1.07. The van der Waals surface area contributed by atoms with Crippen molar-refractivity contribution in [2.45, 2.75) is 25.7 Å². The van der Waals surface area contributed by atoms with Crippen molar-refractivity contribution in [2.75, 3.05) is 0 Å². The first-order valence-electron chi connectivity index (χ1n) is 8.17. The van der Waals surface area contributed by atoms with Crippen molar-refractivity contribution in [1.29, 1.82) is 0 Å². The summed E-state index contributed by atoms with van der Waals surface area (Å²) in [4.78, 5) is 10.9. The maximum Gasteiger partial charge on any atom is 0.130 e. The Hall–Kier alpha value is -2.66. The van der Waals surface area contributed by atoms with E-state index in [1.54, 1.807) is 12.4 Å². The molecule has 5 heteroatoms. The number of halogens is 2. The second-order valence-corrected chi connectivity index (χ2v) is 6.22. The van der Waals surface area contributed by atoms with Gasteiger partial charge in [0.15, 0.2) is 0 Å². The molecule has 126 valence electrons. The predicted octanol–water partition coefficient (Wildman–Crippen LogP) is 4.20. The number of allylic oxidation sites excluding steroid dienone is 2. The maximum absolute atomic E-state index is 14.2. The van der Waals surface area contributed by atoms with Crippen molar-refractivity contribution in [3.05, 3.63) is 89.3 Å². The molecule has 1 aliphatic heterocycles.